The van der Waals surface area contributed by atoms with E-state index in [4.69, 9.17) is 4.99 Å². The fourth-order valence-corrected chi connectivity index (χ4v) is 3.69. The molecule has 0 bridgehead atoms. The second kappa shape index (κ2) is 8.14. The lowest BCUT2D eigenvalue weighted by molar-refractivity contribution is 0.456. The molecule has 1 N–H and O–H groups in total. The molecule has 2 aromatic carbocycles. The van der Waals surface area contributed by atoms with Crippen molar-refractivity contribution >= 4 is 11.9 Å². The van der Waals surface area contributed by atoms with Gasteiger partial charge in [-0.2, -0.15) is 0 Å². The molecular formula is C22H27NO. The van der Waals surface area contributed by atoms with Crippen LogP contribution in [0, 0.1) is 6.92 Å². The minimum absolute atomic E-state index is 0.280. The third-order valence-corrected chi connectivity index (χ3v) is 5.08. The van der Waals surface area contributed by atoms with Crippen LogP contribution in [-0.2, 0) is 0 Å². The van der Waals surface area contributed by atoms with Gasteiger partial charge >= 0.3 is 0 Å². The number of rotatable bonds is 3. The molecule has 0 unspecified atom stereocenters. The largest absolute Gasteiger partial charge is 0.507 e. The maximum Gasteiger partial charge on any atom is 0.124 e. The highest BCUT2D eigenvalue weighted by atomic mass is 16.3. The topological polar surface area (TPSA) is 32.6 Å². The van der Waals surface area contributed by atoms with E-state index in [-0.39, 0.29) is 5.75 Å². The van der Waals surface area contributed by atoms with Crippen LogP contribution in [0.15, 0.2) is 47.5 Å². The number of hydrogen-bond donors (Lipinski definition) is 1. The molecule has 1 saturated carbocycles. The lowest BCUT2D eigenvalue weighted by Gasteiger charge is -2.22. The number of para-hydroxylation sites is 2. The Morgan fingerprint density at radius 2 is 1.62 bits per heavy atom. The molecular weight excluding hydrogens is 294 g/mol. The first-order chi connectivity index (χ1) is 11.8. The Morgan fingerprint density at radius 1 is 0.917 bits per heavy atom. The van der Waals surface area contributed by atoms with Crippen LogP contribution in [0.4, 0.5) is 5.69 Å². The molecule has 0 aromatic heterocycles. The Bertz CT molecular complexity index is 697. The summed E-state index contributed by atoms with van der Waals surface area (Å²) in [4.78, 5) is 4.78. The van der Waals surface area contributed by atoms with Crippen molar-refractivity contribution < 1.29 is 5.11 Å². The quantitative estimate of drug-likeness (QED) is 0.663. The van der Waals surface area contributed by atoms with E-state index in [1.54, 1.807) is 12.3 Å². The summed E-state index contributed by atoms with van der Waals surface area (Å²) in [5, 5.41) is 9.95. The van der Waals surface area contributed by atoms with Crippen LogP contribution < -0.4 is 0 Å². The molecule has 0 amide bonds. The van der Waals surface area contributed by atoms with E-state index in [1.807, 2.05) is 18.2 Å². The Balaban J connectivity index is 1.91. The molecule has 3 rings (SSSR count). The van der Waals surface area contributed by atoms with Gasteiger partial charge < -0.3 is 5.11 Å². The standard InChI is InChI=1S/C22H27NO/c1-17-10-9-14-20(18-11-5-3-2-4-6-12-18)22(17)23-16-19-13-7-8-15-21(19)24/h7-10,13-16,18,24H,2-6,11-12H2,1H3. The van der Waals surface area contributed by atoms with Crippen molar-refractivity contribution in [2.75, 3.05) is 0 Å². The number of aliphatic imine (C=N–C) groups is 1. The molecule has 0 radical (unpaired) electrons. The average Bonchev–Trinajstić information content (AvgIpc) is 2.55. The number of hydrogen-bond acceptors (Lipinski definition) is 2. The molecule has 0 spiro atoms. The molecule has 2 nitrogen and oxygen atoms in total. The van der Waals surface area contributed by atoms with Crippen LogP contribution in [-0.4, -0.2) is 11.3 Å². The zero-order valence-electron chi connectivity index (χ0n) is 14.5. The number of phenolic OH excluding ortho intramolecular Hbond substituents is 1. The van der Waals surface area contributed by atoms with Crippen molar-refractivity contribution in [1.82, 2.24) is 0 Å². The lowest BCUT2D eigenvalue weighted by Crippen LogP contribution is -2.03. The number of benzene rings is 2. The lowest BCUT2D eigenvalue weighted by atomic mass is 9.84. The van der Waals surface area contributed by atoms with Crippen molar-refractivity contribution in [2.45, 2.75) is 57.8 Å². The maximum atomic E-state index is 9.95. The third-order valence-electron chi connectivity index (χ3n) is 5.08. The van der Waals surface area contributed by atoms with Gasteiger partial charge in [0.1, 0.15) is 5.75 Å². The third kappa shape index (κ3) is 4.05. The molecule has 24 heavy (non-hydrogen) atoms. The van der Waals surface area contributed by atoms with Gasteiger partial charge in [-0.05, 0) is 48.9 Å². The highest BCUT2D eigenvalue weighted by Gasteiger charge is 2.17. The SMILES string of the molecule is Cc1cccc(C2CCCCCCC2)c1N=Cc1ccccc1O. The van der Waals surface area contributed by atoms with Crippen molar-refractivity contribution in [3.8, 4) is 5.75 Å². The molecule has 2 aromatic rings. The summed E-state index contributed by atoms with van der Waals surface area (Å²) in [6.45, 7) is 2.13. The average molecular weight is 321 g/mol. The fourth-order valence-electron chi connectivity index (χ4n) is 3.69. The fraction of sp³-hybridized carbons (Fsp3) is 0.409. The van der Waals surface area contributed by atoms with Crippen molar-refractivity contribution in [3.63, 3.8) is 0 Å². The first-order valence-electron chi connectivity index (χ1n) is 9.17. The van der Waals surface area contributed by atoms with Gasteiger partial charge in [0.2, 0.25) is 0 Å². The van der Waals surface area contributed by atoms with E-state index in [1.165, 1.54) is 56.1 Å². The van der Waals surface area contributed by atoms with Crippen LogP contribution in [0.2, 0.25) is 0 Å². The summed E-state index contributed by atoms with van der Waals surface area (Å²) < 4.78 is 0. The first kappa shape index (κ1) is 16.8. The molecule has 1 fully saturated rings. The van der Waals surface area contributed by atoms with Gasteiger partial charge in [-0.25, -0.2) is 0 Å². The van der Waals surface area contributed by atoms with E-state index >= 15 is 0 Å². The van der Waals surface area contributed by atoms with Crippen molar-refractivity contribution in [1.29, 1.82) is 0 Å². The number of aromatic hydroxyl groups is 1. The van der Waals surface area contributed by atoms with Crippen LogP contribution in [0.25, 0.3) is 0 Å². The van der Waals surface area contributed by atoms with Gasteiger partial charge in [-0.3, -0.25) is 4.99 Å². The van der Waals surface area contributed by atoms with E-state index < -0.39 is 0 Å². The van der Waals surface area contributed by atoms with Crippen LogP contribution in [0.3, 0.4) is 0 Å². The Hall–Kier alpha value is -2.09. The van der Waals surface area contributed by atoms with E-state index in [0.29, 0.717) is 5.92 Å². The molecule has 0 atom stereocenters. The highest BCUT2D eigenvalue weighted by molar-refractivity contribution is 5.85. The molecule has 1 aliphatic rings. The van der Waals surface area contributed by atoms with E-state index in [2.05, 4.69) is 25.1 Å². The monoisotopic (exact) mass is 321 g/mol. The summed E-state index contributed by atoms with van der Waals surface area (Å²) in [7, 11) is 0. The van der Waals surface area contributed by atoms with E-state index in [9.17, 15) is 5.11 Å². The van der Waals surface area contributed by atoms with Gasteiger partial charge in [0, 0.05) is 11.8 Å². The van der Waals surface area contributed by atoms with Gasteiger partial charge in [0.15, 0.2) is 0 Å². The molecule has 126 valence electrons. The Kier molecular flexibility index (Phi) is 5.68. The number of phenols is 1. The molecule has 2 heteroatoms. The van der Waals surface area contributed by atoms with Crippen LogP contribution >= 0.6 is 0 Å². The first-order valence-corrected chi connectivity index (χ1v) is 9.17. The molecule has 0 saturated heterocycles. The van der Waals surface area contributed by atoms with Gasteiger partial charge in [0.05, 0.1) is 5.69 Å². The Morgan fingerprint density at radius 3 is 2.38 bits per heavy atom. The van der Waals surface area contributed by atoms with E-state index in [0.717, 1.165) is 11.3 Å². The zero-order chi connectivity index (χ0) is 16.8. The number of aryl methyl sites for hydroxylation is 1. The van der Waals surface area contributed by atoms with Crippen LogP contribution in [0.5, 0.6) is 5.75 Å². The maximum absolute atomic E-state index is 9.95. The van der Waals surface area contributed by atoms with Crippen molar-refractivity contribution in [2.24, 2.45) is 4.99 Å². The smallest absolute Gasteiger partial charge is 0.124 e. The zero-order valence-corrected chi connectivity index (χ0v) is 14.5. The second-order valence-electron chi connectivity index (χ2n) is 6.87. The minimum Gasteiger partial charge on any atom is -0.507 e. The predicted molar refractivity (Wildman–Crippen MR) is 102 cm³/mol. The van der Waals surface area contributed by atoms with Crippen molar-refractivity contribution in [3.05, 3.63) is 59.2 Å². The Labute approximate surface area is 145 Å². The minimum atomic E-state index is 0.280. The molecule has 0 heterocycles. The van der Waals surface area contributed by atoms with Gasteiger partial charge in [-0.1, -0.05) is 62.4 Å². The molecule has 0 aliphatic heterocycles. The normalized spacial score (nSPS) is 16.9. The summed E-state index contributed by atoms with van der Waals surface area (Å²) in [5.41, 5.74) is 4.44. The summed E-state index contributed by atoms with van der Waals surface area (Å²) in [6, 6.07) is 13.9. The summed E-state index contributed by atoms with van der Waals surface area (Å²) >= 11 is 0. The second-order valence-corrected chi connectivity index (χ2v) is 6.87. The number of nitrogens with zero attached hydrogens (tertiary/aromatic N) is 1. The van der Waals surface area contributed by atoms with Gasteiger partial charge in [-0.15, -0.1) is 0 Å². The highest BCUT2D eigenvalue weighted by Crippen LogP contribution is 2.37. The van der Waals surface area contributed by atoms with Gasteiger partial charge in [0.25, 0.3) is 0 Å². The van der Waals surface area contributed by atoms with Crippen LogP contribution in [0.1, 0.15) is 67.6 Å². The summed E-state index contributed by atoms with van der Waals surface area (Å²) in [5.74, 6) is 0.893. The molecule has 1 aliphatic carbocycles. The summed E-state index contributed by atoms with van der Waals surface area (Å²) in [6.07, 6.45) is 11.1. The predicted octanol–water partition coefficient (Wildman–Crippen LogP) is 6.28.